The van der Waals surface area contributed by atoms with Gasteiger partial charge in [-0.15, -0.1) is 0 Å². The molecule has 0 saturated heterocycles. The molecule has 8 heteroatoms. The Kier molecular flexibility index (Phi) is 4.74. The van der Waals surface area contributed by atoms with E-state index in [1.165, 1.54) is 53.3 Å². The Morgan fingerprint density at radius 3 is 2.76 bits per heavy atom. The zero-order chi connectivity index (χ0) is 20.5. The van der Waals surface area contributed by atoms with Crippen LogP contribution in [0.25, 0.3) is 28.2 Å². The molecule has 144 valence electrons. The summed E-state index contributed by atoms with van der Waals surface area (Å²) in [4.78, 5) is 8.58. The second-order valence-electron chi connectivity index (χ2n) is 6.62. The van der Waals surface area contributed by atoms with Crippen LogP contribution < -0.4 is 0 Å². The fraction of sp³-hybridized carbons (Fsp3) is 0.143. The number of rotatable bonds is 4. The molecule has 0 bridgehead atoms. The monoisotopic (exact) mass is 391 g/mol. The third kappa shape index (κ3) is 3.44. The Morgan fingerprint density at radius 2 is 2.00 bits per heavy atom. The zero-order valence-corrected chi connectivity index (χ0v) is 15.3. The fourth-order valence-electron chi connectivity index (χ4n) is 3.17. The lowest BCUT2D eigenvalue weighted by Crippen LogP contribution is -2.08. The van der Waals surface area contributed by atoms with Gasteiger partial charge in [0.25, 0.3) is 5.78 Å². The summed E-state index contributed by atoms with van der Waals surface area (Å²) < 4.78 is 30.4. The van der Waals surface area contributed by atoms with Gasteiger partial charge >= 0.3 is 0 Å². The van der Waals surface area contributed by atoms with Crippen molar-refractivity contribution < 1.29 is 13.9 Å². The molecule has 0 amide bonds. The highest BCUT2D eigenvalue weighted by Gasteiger charge is 2.17. The van der Waals surface area contributed by atoms with E-state index in [0.717, 1.165) is 0 Å². The molecule has 0 saturated carbocycles. The molecule has 1 atom stereocenters. The quantitative estimate of drug-likeness (QED) is 0.575. The van der Waals surface area contributed by atoms with Gasteiger partial charge < -0.3 is 5.11 Å². The number of hydrogen-bond donors (Lipinski definition) is 1. The van der Waals surface area contributed by atoms with Crippen LogP contribution in [0.2, 0.25) is 0 Å². The summed E-state index contributed by atoms with van der Waals surface area (Å²) in [6.45, 7) is 1.65. The number of nitriles is 1. The van der Waals surface area contributed by atoms with Crippen molar-refractivity contribution in [2.45, 2.75) is 19.4 Å². The van der Waals surface area contributed by atoms with Crippen molar-refractivity contribution in [2.75, 3.05) is 0 Å². The normalized spacial score (nSPS) is 12.1. The standard InChI is InChI=1S/C21H15F2N5O/c1-12(29)7-15-10-26-28-19(11-25-21(28)27-15)13-5-6-17(22)16(8-13)20-14(9-24)3-2-4-18(20)23/h2-6,8,10-12,29H,7H2,1H3/t12-/m1/s1. The van der Waals surface area contributed by atoms with Crippen molar-refractivity contribution in [1.82, 2.24) is 19.6 Å². The Hall–Kier alpha value is -3.70. The van der Waals surface area contributed by atoms with Crippen molar-refractivity contribution in [2.24, 2.45) is 0 Å². The molecule has 0 aliphatic rings. The molecule has 0 spiro atoms. The molecule has 2 heterocycles. The first-order chi connectivity index (χ1) is 14.0. The van der Waals surface area contributed by atoms with Crippen molar-refractivity contribution in [1.29, 1.82) is 5.26 Å². The Morgan fingerprint density at radius 1 is 1.17 bits per heavy atom. The first-order valence-electron chi connectivity index (χ1n) is 8.84. The van der Waals surface area contributed by atoms with E-state index in [2.05, 4.69) is 15.1 Å². The van der Waals surface area contributed by atoms with Crippen LogP contribution in [0.4, 0.5) is 8.78 Å². The van der Waals surface area contributed by atoms with Crippen LogP contribution in [0.15, 0.2) is 48.8 Å². The molecule has 6 nitrogen and oxygen atoms in total. The van der Waals surface area contributed by atoms with Gasteiger partial charge in [0.2, 0.25) is 0 Å². The van der Waals surface area contributed by atoms with Crippen molar-refractivity contribution >= 4 is 5.78 Å². The van der Waals surface area contributed by atoms with Gasteiger partial charge in [-0.1, -0.05) is 6.07 Å². The summed E-state index contributed by atoms with van der Waals surface area (Å²) in [7, 11) is 0. The number of nitrogens with zero attached hydrogens (tertiary/aromatic N) is 5. The van der Waals surface area contributed by atoms with Crippen LogP contribution in [0.3, 0.4) is 0 Å². The van der Waals surface area contributed by atoms with E-state index >= 15 is 0 Å². The van der Waals surface area contributed by atoms with Gasteiger partial charge in [-0.05, 0) is 37.3 Å². The molecule has 4 rings (SSSR count). The molecule has 0 fully saturated rings. The number of imidazole rings is 1. The molecule has 0 radical (unpaired) electrons. The summed E-state index contributed by atoms with van der Waals surface area (Å²) in [6, 6.07) is 10.1. The average Bonchev–Trinajstić information content (AvgIpc) is 3.11. The first-order valence-corrected chi connectivity index (χ1v) is 8.84. The predicted molar refractivity (Wildman–Crippen MR) is 102 cm³/mol. The molecule has 0 aliphatic carbocycles. The van der Waals surface area contributed by atoms with E-state index in [1.807, 2.05) is 6.07 Å². The van der Waals surface area contributed by atoms with Crippen molar-refractivity contribution in [3.8, 4) is 28.5 Å². The first kappa shape index (κ1) is 18.7. The minimum atomic E-state index is -0.680. The molecule has 29 heavy (non-hydrogen) atoms. The maximum Gasteiger partial charge on any atom is 0.251 e. The largest absolute Gasteiger partial charge is 0.393 e. The van der Waals surface area contributed by atoms with E-state index in [-0.39, 0.29) is 16.7 Å². The average molecular weight is 391 g/mol. The Balaban J connectivity index is 1.84. The lowest BCUT2D eigenvalue weighted by atomic mass is 9.97. The molecule has 0 aliphatic heterocycles. The smallest absolute Gasteiger partial charge is 0.251 e. The molecule has 4 aromatic rings. The van der Waals surface area contributed by atoms with Gasteiger partial charge in [0.15, 0.2) is 0 Å². The second-order valence-corrected chi connectivity index (χ2v) is 6.62. The lowest BCUT2D eigenvalue weighted by molar-refractivity contribution is 0.194. The Bertz CT molecular complexity index is 1260. The summed E-state index contributed by atoms with van der Waals surface area (Å²) in [5.74, 6) is -0.997. The Labute approximate surface area is 164 Å². The molecule has 2 aromatic carbocycles. The minimum Gasteiger partial charge on any atom is -0.393 e. The fourth-order valence-corrected chi connectivity index (χ4v) is 3.17. The van der Waals surface area contributed by atoms with Crippen LogP contribution in [-0.2, 0) is 6.42 Å². The topological polar surface area (TPSA) is 87.1 Å². The van der Waals surface area contributed by atoms with Crippen molar-refractivity contribution in [3.05, 3.63) is 71.7 Å². The SMILES string of the molecule is C[C@@H](O)Cc1cnn2c(-c3ccc(F)c(-c4c(F)cccc4C#N)c3)cnc2n1. The molecule has 2 aromatic heterocycles. The number of aromatic nitrogens is 4. The van der Waals surface area contributed by atoms with E-state index in [4.69, 9.17) is 0 Å². The summed E-state index contributed by atoms with van der Waals surface area (Å²) in [5.41, 5.74) is 1.60. The molecular weight excluding hydrogens is 376 g/mol. The highest BCUT2D eigenvalue weighted by atomic mass is 19.1. The number of hydrogen-bond acceptors (Lipinski definition) is 5. The van der Waals surface area contributed by atoms with Gasteiger partial charge in [-0.3, -0.25) is 0 Å². The van der Waals surface area contributed by atoms with E-state index in [1.54, 1.807) is 6.92 Å². The third-order valence-electron chi connectivity index (χ3n) is 4.46. The number of benzene rings is 2. The van der Waals surface area contributed by atoms with Gasteiger partial charge in [0.05, 0.1) is 41.5 Å². The molecule has 1 N–H and O–H groups in total. The van der Waals surface area contributed by atoms with Crippen LogP contribution in [0, 0.1) is 23.0 Å². The van der Waals surface area contributed by atoms with Crippen LogP contribution in [-0.4, -0.2) is 30.8 Å². The van der Waals surface area contributed by atoms with E-state index in [0.29, 0.717) is 29.1 Å². The predicted octanol–water partition coefficient (Wildman–Crippen LogP) is 3.53. The molecular formula is C21H15F2N5O. The zero-order valence-electron chi connectivity index (χ0n) is 15.3. The lowest BCUT2D eigenvalue weighted by Gasteiger charge is -2.10. The van der Waals surface area contributed by atoms with Gasteiger partial charge in [-0.2, -0.15) is 14.9 Å². The third-order valence-corrected chi connectivity index (χ3v) is 4.46. The van der Waals surface area contributed by atoms with E-state index < -0.39 is 17.7 Å². The van der Waals surface area contributed by atoms with E-state index in [9.17, 15) is 19.1 Å². The maximum atomic E-state index is 14.5. The van der Waals surface area contributed by atoms with Crippen molar-refractivity contribution in [3.63, 3.8) is 0 Å². The minimum absolute atomic E-state index is 0.0224. The number of aliphatic hydroxyl groups excluding tert-OH is 1. The highest BCUT2D eigenvalue weighted by molar-refractivity contribution is 5.76. The van der Waals surface area contributed by atoms with Gasteiger partial charge in [-0.25, -0.2) is 18.7 Å². The summed E-state index contributed by atoms with van der Waals surface area (Å²) in [6.07, 6.45) is 2.85. The number of aliphatic hydroxyl groups is 1. The number of fused-ring (bicyclic) bond motifs is 1. The van der Waals surface area contributed by atoms with Crippen LogP contribution in [0.1, 0.15) is 18.2 Å². The van der Waals surface area contributed by atoms with Gasteiger partial charge in [0.1, 0.15) is 11.6 Å². The number of halogens is 2. The van der Waals surface area contributed by atoms with Gasteiger partial charge in [0, 0.05) is 23.1 Å². The summed E-state index contributed by atoms with van der Waals surface area (Å²) in [5, 5.41) is 23.1. The summed E-state index contributed by atoms with van der Waals surface area (Å²) >= 11 is 0. The second kappa shape index (κ2) is 7.37. The highest BCUT2D eigenvalue weighted by Crippen LogP contribution is 2.32. The van der Waals surface area contributed by atoms with Crippen LogP contribution in [0.5, 0.6) is 0 Å². The maximum absolute atomic E-state index is 14.5. The molecule has 0 unspecified atom stereocenters. The van der Waals surface area contributed by atoms with Crippen LogP contribution >= 0.6 is 0 Å².